The molecule has 0 unspecified atom stereocenters. The molecular formula is C10H10N2O2. The van der Waals surface area contributed by atoms with Crippen LogP contribution in [0.4, 0.5) is 5.69 Å². The number of methoxy groups -OCH3 is 1. The van der Waals surface area contributed by atoms with Crippen molar-refractivity contribution >= 4 is 11.2 Å². The maximum atomic E-state index is 11.5. The average Bonchev–Trinajstić information content (AvgIpc) is 2.23. The van der Waals surface area contributed by atoms with Crippen LogP contribution in [0.2, 0.25) is 0 Å². The molecule has 2 aromatic rings. The monoisotopic (exact) mass is 190 g/mol. The quantitative estimate of drug-likeness (QED) is 0.726. The number of pyridine rings is 2. The predicted octanol–water partition coefficient (Wildman–Crippen LogP) is 0.890. The van der Waals surface area contributed by atoms with Crippen molar-refractivity contribution in [3.05, 3.63) is 40.8 Å². The van der Waals surface area contributed by atoms with Crippen molar-refractivity contribution in [2.75, 3.05) is 12.8 Å². The van der Waals surface area contributed by atoms with E-state index in [9.17, 15) is 4.79 Å². The molecule has 72 valence electrons. The van der Waals surface area contributed by atoms with E-state index in [0.29, 0.717) is 5.75 Å². The molecule has 0 spiro atoms. The van der Waals surface area contributed by atoms with Gasteiger partial charge in [-0.15, -0.1) is 0 Å². The molecule has 2 heterocycles. The number of rotatable bonds is 1. The Kier molecular flexibility index (Phi) is 1.89. The molecule has 2 rings (SSSR count). The van der Waals surface area contributed by atoms with E-state index in [4.69, 9.17) is 10.5 Å². The number of nitrogen functional groups attached to an aromatic ring is 1. The van der Waals surface area contributed by atoms with Gasteiger partial charge in [-0.25, -0.2) is 0 Å². The van der Waals surface area contributed by atoms with Gasteiger partial charge in [0.25, 0.3) is 5.56 Å². The zero-order chi connectivity index (χ0) is 10.1. The van der Waals surface area contributed by atoms with E-state index in [-0.39, 0.29) is 11.2 Å². The van der Waals surface area contributed by atoms with Gasteiger partial charge in [-0.3, -0.25) is 9.20 Å². The SMILES string of the molecule is COc1ccn2c(=O)c(N)ccc2c1. The van der Waals surface area contributed by atoms with Crippen LogP contribution in [0.3, 0.4) is 0 Å². The molecule has 4 heteroatoms. The molecule has 0 aliphatic rings. The van der Waals surface area contributed by atoms with Crippen molar-refractivity contribution in [2.45, 2.75) is 0 Å². The summed E-state index contributed by atoms with van der Waals surface area (Å²) in [4.78, 5) is 11.5. The van der Waals surface area contributed by atoms with Gasteiger partial charge in [0.05, 0.1) is 18.3 Å². The first-order valence-corrected chi connectivity index (χ1v) is 4.17. The molecule has 0 fully saturated rings. The van der Waals surface area contributed by atoms with Gasteiger partial charge < -0.3 is 10.5 Å². The average molecular weight is 190 g/mol. The topological polar surface area (TPSA) is 56.7 Å². The largest absolute Gasteiger partial charge is 0.497 e. The lowest BCUT2D eigenvalue weighted by molar-refractivity contribution is 0.414. The lowest BCUT2D eigenvalue weighted by Gasteiger charge is -2.04. The molecule has 4 nitrogen and oxygen atoms in total. The Hall–Kier alpha value is -1.97. The molecule has 0 aromatic carbocycles. The number of aromatic nitrogens is 1. The summed E-state index contributed by atoms with van der Waals surface area (Å²) in [5.74, 6) is 0.717. The van der Waals surface area contributed by atoms with E-state index < -0.39 is 0 Å². The van der Waals surface area contributed by atoms with Crippen LogP contribution in [0, 0.1) is 0 Å². The Morgan fingerprint density at radius 2 is 2.14 bits per heavy atom. The van der Waals surface area contributed by atoms with Crippen molar-refractivity contribution in [1.29, 1.82) is 0 Å². The smallest absolute Gasteiger partial charge is 0.278 e. The molecule has 0 amide bonds. The molecule has 2 aromatic heterocycles. The summed E-state index contributed by atoms with van der Waals surface area (Å²) >= 11 is 0. The number of nitrogens with two attached hydrogens (primary N) is 1. The van der Waals surface area contributed by atoms with E-state index >= 15 is 0 Å². The molecular weight excluding hydrogens is 180 g/mol. The number of ether oxygens (including phenoxy) is 1. The Bertz CT molecular complexity index is 531. The zero-order valence-electron chi connectivity index (χ0n) is 7.73. The third-order valence-corrected chi connectivity index (χ3v) is 2.09. The number of fused-ring (bicyclic) bond motifs is 1. The predicted molar refractivity (Wildman–Crippen MR) is 54.6 cm³/mol. The molecule has 0 atom stereocenters. The van der Waals surface area contributed by atoms with Crippen LogP contribution >= 0.6 is 0 Å². The number of hydrogen-bond donors (Lipinski definition) is 1. The van der Waals surface area contributed by atoms with Crippen LogP contribution < -0.4 is 16.0 Å². The van der Waals surface area contributed by atoms with Gasteiger partial charge in [0.15, 0.2) is 0 Å². The molecule has 0 aliphatic carbocycles. The molecule has 0 aliphatic heterocycles. The second-order valence-electron chi connectivity index (χ2n) is 2.96. The van der Waals surface area contributed by atoms with Crippen molar-refractivity contribution < 1.29 is 4.74 Å². The summed E-state index contributed by atoms with van der Waals surface area (Å²) in [7, 11) is 1.58. The maximum Gasteiger partial charge on any atom is 0.278 e. The highest BCUT2D eigenvalue weighted by Crippen LogP contribution is 2.12. The van der Waals surface area contributed by atoms with Crippen LogP contribution in [0.1, 0.15) is 0 Å². The van der Waals surface area contributed by atoms with Gasteiger partial charge in [0, 0.05) is 12.3 Å². The van der Waals surface area contributed by atoms with Gasteiger partial charge in [-0.2, -0.15) is 0 Å². The lowest BCUT2D eigenvalue weighted by Crippen LogP contribution is -2.16. The Balaban J connectivity index is 2.81. The summed E-state index contributed by atoms with van der Waals surface area (Å²) in [6.07, 6.45) is 1.65. The minimum Gasteiger partial charge on any atom is -0.497 e. The summed E-state index contributed by atoms with van der Waals surface area (Å²) in [6, 6.07) is 6.87. The van der Waals surface area contributed by atoms with Crippen molar-refractivity contribution in [3.8, 4) is 5.75 Å². The fourth-order valence-corrected chi connectivity index (χ4v) is 1.32. The van der Waals surface area contributed by atoms with Crippen LogP contribution in [-0.4, -0.2) is 11.5 Å². The van der Waals surface area contributed by atoms with Crippen molar-refractivity contribution in [3.63, 3.8) is 0 Å². The van der Waals surface area contributed by atoms with Gasteiger partial charge in [-0.05, 0) is 18.2 Å². The first kappa shape index (κ1) is 8.62. The Morgan fingerprint density at radius 1 is 1.36 bits per heavy atom. The molecule has 0 radical (unpaired) electrons. The number of anilines is 1. The van der Waals surface area contributed by atoms with E-state index in [1.165, 1.54) is 4.40 Å². The fourth-order valence-electron chi connectivity index (χ4n) is 1.32. The van der Waals surface area contributed by atoms with Crippen molar-refractivity contribution in [2.24, 2.45) is 0 Å². The first-order valence-electron chi connectivity index (χ1n) is 4.17. The van der Waals surface area contributed by atoms with Crippen LogP contribution in [0.25, 0.3) is 5.52 Å². The van der Waals surface area contributed by atoms with Gasteiger partial charge in [0.1, 0.15) is 5.75 Å². The van der Waals surface area contributed by atoms with Gasteiger partial charge in [-0.1, -0.05) is 0 Å². The number of nitrogens with zero attached hydrogens (tertiary/aromatic N) is 1. The summed E-state index contributed by atoms with van der Waals surface area (Å²) in [6.45, 7) is 0. The minimum atomic E-state index is -0.204. The fraction of sp³-hybridized carbons (Fsp3) is 0.100. The summed E-state index contributed by atoms with van der Waals surface area (Å²) < 4.78 is 6.53. The second kappa shape index (κ2) is 3.06. The standard InChI is InChI=1S/C10H10N2O2/c1-14-8-4-5-12-7(6-8)2-3-9(11)10(12)13/h2-6H,11H2,1H3. The Morgan fingerprint density at radius 3 is 2.86 bits per heavy atom. The highest BCUT2D eigenvalue weighted by atomic mass is 16.5. The maximum absolute atomic E-state index is 11.5. The Labute approximate surface area is 80.5 Å². The van der Waals surface area contributed by atoms with E-state index in [1.807, 2.05) is 0 Å². The third-order valence-electron chi connectivity index (χ3n) is 2.09. The van der Waals surface area contributed by atoms with Crippen LogP contribution in [0.15, 0.2) is 35.3 Å². The van der Waals surface area contributed by atoms with E-state index in [0.717, 1.165) is 5.52 Å². The van der Waals surface area contributed by atoms with Crippen LogP contribution in [-0.2, 0) is 0 Å². The number of hydrogen-bond acceptors (Lipinski definition) is 3. The highest BCUT2D eigenvalue weighted by Gasteiger charge is 2.00. The summed E-state index contributed by atoms with van der Waals surface area (Å²) in [5.41, 5.74) is 6.30. The minimum absolute atomic E-state index is 0.204. The molecule has 0 saturated heterocycles. The highest BCUT2D eigenvalue weighted by molar-refractivity contribution is 5.55. The molecule has 0 bridgehead atoms. The molecule has 14 heavy (non-hydrogen) atoms. The second-order valence-corrected chi connectivity index (χ2v) is 2.96. The first-order chi connectivity index (χ1) is 6.72. The van der Waals surface area contributed by atoms with Crippen molar-refractivity contribution in [1.82, 2.24) is 4.40 Å². The third kappa shape index (κ3) is 1.21. The van der Waals surface area contributed by atoms with Gasteiger partial charge in [0.2, 0.25) is 0 Å². The van der Waals surface area contributed by atoms with Crippen LogP contribution in [0.5, 0.6) is 5.75 Å². The van der Waals surface area contributed by atoms with E-state index in [1.54, 1.807) is 37.6 Å². The normalized spacial score (nSPS) is 10.4. The molecule has 2 N–H and O–H groups in total. The zero-order valence-corrected chi connectivity index (χ0v) is 7.73. The van der Waals surface area contributed by atoms with E-state index in [2.05, 4.69) is 0 Å². The molecule has 0 saturated carbocycles. The lowest BCUT2D eigenvalue weighted by atomic mass is 10.3. The van der Waals surface area contributed by atoms with Gasteiger partial charge >= 0.3 is 0 Å². The summed E-state index contributed by atoms with van der Waals surface area (Å²) in [5, 5.41) is 0.